The summed E-state index contributed by atoms with van der Waals surface area (Å²) in [6.45, 7) is 5.07. The smallest absolute Gasteiger partial charge is 0.270 e. The number of carbonyl (C=O) groups excluding carboxylic acids is 1. The third-order valence-corrected chi connectivity index (χ3v) is 2.48. The van der Waals surface area contributed by atoms with Crippen LogP contribution in [0.25, 0.3) is 6.08 Å². The second-order valence-corrected chi connectivity index (χ2v) is 3.53. The molecule has 1 rings (SSSR count). The standard InChI is InChI=1S/C13H15F2NO/c1-3-16(4-2)13(17)11-7-5-10(6-8-11)9-12(14)15/h5-9H,3-4H2,1-2H3. The molecule has 1 aromatic rings. The summed E-state index contributed by atoms with van der Waals surface area (Å²) in [6, 6.07) is 6.15. The van der Waals surface area contributed by atoms with Crippen molar-refractivity contribution in [2.45, 2.75) is 13.8 Å². The van der Waals surface area contributed by atoms with E-state index in [-0.39, 0.29) is 5.91 Å². The van der Waals surface area contributed by atoms with Crippen LogP contribution < -0.4 is 0 Å². The van der Waals surface area contributed by atoms with Crippen LogP contribution in [0.2, 0.25) is 0 Å². The average molecular weight is 239 g/mol. The van der Waals surface area contributed by atoms with Crippen molar-refractivity contribution in [3.63, 3.8) is 0 Å². The lowest BCUT2D eigenvalue weighted by molar-refractivity contribution is 0.0773. The number of nitrogens with zero attached hydrogens (tertiary/aromatic N) is 1. The van der Waals surface area contributed by atoms with Gasteiger partial charge in [-0.15, -0.1) is 0 Å². The van der Waals surface area contributed by atoms with Gasteiger partial charge < -0.3 is 4.90 Å². The summed E-state index contributed by atoms with van der Waals surface area (Å²) in [4.78, 5) is 13.6. The van der Waals surface area contributed by atoms with Gasteiger partial charge in [0.25, 0.3) is 12.0 Å². The summed E-state index contributed by atoms with van der Waals surface area (Å²) in [6.07, 6.45) is -0.973. The Balaban J connectivity index is 2.87. The SMILES string of the molecule is CCN(CC)C(=O)c1ccc(C=C(F)F)cc1. The maximum Gasteiger partial charge on any atom is 0.270 e. The van der Waals surface area contributed by atoms with E-state index in [1.807, 2.05) is 13.8 Å². The lowest BCUT2D eigenvalue weighted by atomic mass is 10.1. The molecule has 0 aliphatic rings. The Morgan fingerprint density at radius 2 is 1.71 bits per heavy atom. The first-order valence-electron chi connectivity index (χ1n) is 5.50. The fourth-order valence-electron chi connectivity index (χ4n) is 1.54. The Hall–Kier alpha value is -1.71. The monoisotopic (exact) mass is 239 g/mol. The number of benzene rings is 1. The van der Waals surface area contributed by atoms with Crippen LogP contribution in [-0.2, 0) is 0 Å². The van der Waals surface area contributed by atoms with Gasteiger partial charge in [-0.05, 0) is 31.5 Å². The molecular weight excluding hydrogens is 224 g/mol. The predicted molar refractivity (Wildman–Crippen MR) is 63.9 cm³/mol. The van der Waals surface area contributed by atoms with Gasteiger partial charge in [-0.25, -0.2) is 0 Å². The molecule has 0 aliphatic heterocycles. The van der Waals surface area contributed by atoms with Crippen LogP contribution in [0.15, 0.2) is 30.3 Å². The fraction of sp³-hybridized carbons (Fsp3) is 0.308. The molecule has 0 N–H and O–H groups in total. The Kier molecular flexibility index (Phi) is 4.82. The van der Waals surface area contributed by atoms with Crippen LogP contribution in [0.3, 0.4) is 0 Å². The summed E-state index contributed by atoms with van der Waals surface area (Å²) >= 11 is 0. The number of rotatable bonds is 4. The third kappa shape index (κ3) is 3.66. The highest BCUT2D eigenvalue weighted by molar-refractivity contribution is 5.94. The summed E-state index contributed by atoms with van der Waals surface area (Å²) in [5, 5.41) is 0. The van der Waals surface area contributed by atoms with Crippen molar-refractivity contribution >= 4 is 12.0 Å². The molecule has 0 saturated heterocycles. The number of halogens is 2. The molecule has 0 aromatic heterocycles. The molecule has 1 amide bonds. The van der Waals surface area contributed by atoms with Crippen LogP contribution in [0.1, 0.15) is 29.8 Å². The number of carbonyl (C=O) groups is 1. The summed E-state index contributed by atoms with van der Waals surface area (Å²) in [5.74, 6) is -0.0775. The topological polar surface area (TPSA) is 20.3 Å². The van der Waals surface area contributed by atoms with Gasteiger partial charge in [0.05, 0.1) is 0 Å². The molecular formula is C13H15F2NO. The van der Waals surface area contributed by atoms with Gasteiger partial charge in [0, 0.05) is 24.7 Å². The lowest BCUT2D eigenvalue weighted by Crippen LogP contribution is -2.30. The van der Waals surface area contributed by atoms with E-state index in [0.29, 0.717) is 24.2 Å². The Morgan fingerprint density at radius 3 is 2.12 bits per heavy atom. The van der Waals surface area contributed by atoms with Gasteiger partial charge in [0.2, 0.25) is 0 Å². The van der Waals surface area contributed by atoms with E-state index in [1.165, 1.54) is 12.1 Å². The van der Waals surface area contributed by atoms with E-state index >= 15 is 0 Å². The number of hydrogen-bond acceptors (Lipinski definition) is 1. The van der Waals surface area contributed by atoms with Gasteiger partial charge in [-0.2, -0.15) is 8.78 Å². The highest BCUT2D eigenvalue weighted by atomic mass is 19.3. The lowest BCUT2D eigenvalue weighted by Gasteiger charge is -2.18. The minimum Gasteiger partial charge on any atom is -0.339 e. The van der Waals surface area contributed by atoms with Crippen molar-refractivity contribution < 1.29 is 13.6 Å². The van der Waals surface area contributed by atoms with Gasteiger partial charge in [-0.3, -0.25) is 4.79 Å². The van der Waals surface area contributed by atoms with E-state index in [1.54, 1.807) is 17.0 Å². The Morgan fingerprint density at radius 1 is 1.18 bits per heavy atom. The summed E-state index contributed by atoms with van der Waals surface area (Å²) in [7, 11) is 0. The minimum atomic E-state index is -1.74. The van der Waals surface area contributed by atoms with E-state index in [0.717, 1.165) is 6.08 Å². The number of hydrogen-bond donors (Lipinski definition) is 0. The second kappa shape index (κ2) is 6.13. The molecule has 0 heterocycles. The van der Waals surface area contributed by atoms with Gasteiger partial charge in [0.15, 0.2) is 0 Å². The van der Waals surface area contributed by atoms with Crippen LogP contribution in [-0.4, -0.2) is 23.9 Å². The zero-order valence-corrected chi connectivity index (χ0v) is 9.91. The molecule has 0 fully saturated rings. The first-order valence-corrected chi connectivity index (χ1v) is 5.50. The molecule has 0 unspecified atom stereocenters. The second-order valence-electron chi connectivity index (χ2n) is 3.53. The molecule has 0 atom stereocenters. The third-order valence-electron chi connectivity index (χ3n) is 2.48. The zero-order valence-electron chi connectivity index (χ0n) is 9.91. The van der Waals surface area contributed by atoms with Crippen molar-refractivity contribution in [1.29, 1.82) is 0 Å². The van der Waals surface area contributed by atoms with Crippen LogP contribution >= 0.6 is 0 Å². The molecule has 0 bridgehead atoms. The highest BCUT2D eigenvalue weighted by Gasteiger charge is 2.11. The Bertz CT molecular complexity index is 404. The molecule has 0 radical (unpaired) electrons. The first kappa shape index (κ1) is 13.4. The minimum absolute atomic E-state index is 0.0775. The van der Waals surface area contributed by atoms with Gasteiger partial charge in [-0.1, -0.05) is 12.1 Å². The predicted octanol–water partition coefficient (Wildman–Crippen LogP) is 3.41. The molecule has 2 nitrogen and oxygen atoms in total. The van der Waals surface area contributed by atoms with Gasteiger partial charge >= 0.3 is 0 Å². The molecule has 1 aromatic carbocycles. The maximum absolute atomic E-state index is 12.0. The highest BCUT2D eigenvalue weighted by Crippen LogP contribution is 2.12. The quantitative estimate of drug-likeness (QED) is 0.788. The molecule has 17 heavy (non-hydrogen) atoms. The number of amides is 1. The average Bonchev–Trinajstić information content (AvgIpc) is 2.30. The summed E-state index contributed by atoms with van der Waals surface area (Å²) < 4.78 is 24.0. The normalized spacial score (nSPS) is 9.88. The van der Waals surface area contributed by atoms with Crippen molar-refractivity contribution in [1.82, 2.24) is 4.90 Å². The summed E-state index contributed by atoms with van der Waals surface area (Å²) in [5.41, 5.74) is 0.909. The maximum atomic E-state index is 12.0. The fourth-order valence-corrected chi connectivity index (χ4v) is 1.54. The van der Waals surface area contributed by atoms with E-state index in [2.05, 4.69) is 0 Å². The van der Waals surface area contributed by atoms with E-state index in [4.69, 9.17) is 0 Å². The van der Waals surface area contributed by atoms with Crippen LogP contribution in [0.5, 0.6) is 0 Å². The first-order chi connectivity index (χ1) is 8.08. The van der Waals surface area contributed by atoms with Crippen LogP contribution in [0.4, 0.5) is 8.78 Å². The van der Waals surface area contributed by atoms with Crippen LogP contribution in [0, 0.1) is 0 Å². The zero-order chi connectivity index (χ0) is 12.8. The van der Waals surface area contributed by atoms with Crippen molar-refractivity contribution in [3.05, 3.63) is 41.5 Å². The molecule has 0 spiro atoms. The van der Waals surface area contributed by atoms with E-state index in [9.17, 15) is 13.6 Å². The van der Waals surface area contributed by atoms with Crippen molar-refractivity contribution in [2.75, 3.05) is 13.1 Å². The van der Waals surface area contributed by atoms with Crippen molar-refractivity contribution in [2.24, 2.45) is 0 Å². The molecule has 92 valence electrons. The van der Waals surface area contributed by atoms with Gasteiger partial charge in [0.1, 0.15) is 0 Å². The molecule has 0 saturated carbocycles. The van der Waals surface area contributed by atoms with E-state index < -0.39 is 6.08 Å². The largest absolute Gasteiger partial charge is 0.339 e. The molecule has 0 aliphatic carbocycles. The molecule has 4 heteroatoms. The Labute approximate surface area is 99.5 Å². The van der Waals surface area contributed by atoms with Crippen molar-refractivity contribution in [3.8, 4) is 0 Å².